The SMILES string of the molecule is CCCC(=O)Nc1ccc(C(=O)OCCOCC)cc1. The zero-order valence-corrected chi connectivity index (χ0v) is 12.0. The first kappa shape index (κ1) is 16.2. The van der Waals surface area contributed by atoms with Gasteiger partial charge >= 0.3 is 5.97 Å². The fourth-order valence-electron chi connectivity index (χ4n) is 1.56. The van der Waals surface area contributed by atoms with Gasteiger partial charge in [0.25, 0.3) is 0 Å². The van der Waals surface area contributed by atoms with Gasteiger partial charge in [-0.25, -0.2) is 4.79 Å². The summed E-state index contributed by atoms with van der Waals surface area (Å²) in [5.41, 5.74) is 1.13. The smallest absolute Gasteiger partial charge is 0.338 e. The summed E-state index contributed by atoms with van der Waals surface area (Å²) in [4.78, 5) is 23.1. The molecule has 0 unspecified atom stereocenters. The highest BCUT2D eigenvalue weighted by Crippen LogP contribution is 2.11. The highest BCUT2D eigenvalue weighted by atomic mass is 16.6. The van der Waals surface area contributed by atoms with Crippen LogP contribution in [0, 0.1) is 0 Å². The molecule has 0 fully saturated rings. The molecule has 0 bridgehead atoms. The predicted octanol–water partition coefficient (Wildman–Crippen LogP) is 2.62. The monoisotopic (exact) mass is 279 g/mol. The molecule has 110 valence electrons. The van der Waals surface area contributed by atoms with Crippen molar-refractivity contribution < 1.29 is 19.1 Å². The summed E-state index contributed by atoms with van der Waals surface area (Å²) in [5, 5.41) is 2.76. The molecule has 1 aromatic rings. The summed E-state index contributed by atoms with van der Waals surface area (Å²) < 4.78 is 10.1. The molecule has 1 amide bonds. The van der Waals surface area contributed by atoms with Crippen molar-refractivity contribution in [2.75, 3.05) is 25.1 Å². The maximum atomic E-state index is 11.7. The average molecular weight is 279 g/mol. The van der Waals surface area contributed by atoms with Crippen molar-refractivity contribution in [3.05, 3.63) is 29.8 Å². The molecule has 1 aromatic carbocycles. The van der Waals surface area contributed by atoms with Crippen LogP contribution in [0.25, 0.3) is 0 Å². The molecule has 0 saturated heterocycles. The van der Waals surface area contributed by atoms with Gasteiger partial charge in [0.05, 0.1) is 12.2 Å². The van der Waals surface area contributed by atoms with Gasteiger partial charge in [0.2, 0.25) is 5.91 Å². The second-order valence-electron chi connectivity index (χ2n) is 4.21. The third-order valence-electron chi connectivity index (χ3n) is 2.55. The van der Waals surface area contributed by atoms with Crippen LogP contribution in [0.4, 0.5) is 5.69 Å². The molecule has 1 rings (SSSR count). The average Bonchev–Trinajstić information content (AvgIpc) is 2.44. The van der Waals surface area contributed by atoms with Crippen LogP contribution in [0.1, 0.15) is 37.0 Å². The molecule has 0 aliphatic heterocycles. The molecule has 0 saturated carbocycles. The Morgan fingerprint density at radius 3 is 2.40 bits per heavy atom. The summed E-state index contributed by atoms with van der Waals surface area (Å²) >= 11 is 0. The summed E-state index contributed by atoms with van der Waals surface area (Å²) in [6.07, 6.45) is 1.29. The lowest BCUT2D eigenvalue weighted by Crippen LogP contribution is -2.12. The Bertz CT molecular complexity index is 428. The number of hydrogen-bond acceptors (Lipinski definition) is 4. The molecule has 1 N–H and O–H groups in total. The predicted molar refractivity (Wildman–Crippen MR) is 76.8 cm³/mol. The first-order chi connectivity index (χ1) is 9.67. The van der Waals surface area contributed by atoms with Crippen LogP contribution in [0.5, 0.6) is 0 Å². The van der Waals surface area contributed by atoms with E-state index in [4.69, 9.17) is 9.47 Å². The lowest BCUT2D eigenvalue weighted by molar-refractivity contribution is -0.116. The minimum absolute atomic E-state index is 0.0282. The van der Waals surface area contributed by atoms with Crippen molar-refractivity contribution in [2.24, 2.45) is 0 Å². The minimum Gasteiger partial charge on any atom is -0.460 e. The molecule has 0 aliphatic carbocycles. The minimum atomic E-state index is -0.392. The van der Waals surface area contributed by atoms with Crippen LogP contribution in [-0.2, 0) is 14.3 Å². The van der Waals surface area contributed by atoms with Crippen LogP contribution in [0.2, 0.25) is 0 Å². The van der Waals surface area contributed by atoms with E-state index in [1.807, 2.05) is 13.8 Å². The summed E-state index contributed by atoms with van der Waals surface area (Å²) in [5.74, 6) is -0.421. The Hall–Kier alpha value is -1.88. The lowest BCUT2D eigenvalue weighted by atomic mass is 10.2. The van der Waals surface area contributed by atoms with Crippen LogP contribution in [-0.4, -0.2) is 31.7 Å². The first-order valence-electron chi connectivity index (χ1n) is 6.82. The molecule has 0 aliphatic rings. The highest BCUT2D eigenvalue weighted by molar-refractivity contribution is 5.93. The number of rotatable bonds is 8. The number of esters is 1. The van der Waals surface area contributed by atoms with E-state index in [1.165, 1.54) is 0 Å². The van der Waals surface area contributed by atoms with Gasteiger partial charge in [-0.2, -0.15) is 0 Å². The molecule has 5 nitrogen and oxygen atoms in total. The van der Waals surface area contributed by atoms with E-state index in [0.29, 0.717) is 30.9 Å². The van der Waals surface area contributed by atoms with Crippen molar-refractivity contribution in [1.82, 2.24) is 0 Å². The van der Waals surface area contributed by atoms with E-state index < -0.39 is 5.97 Å². The first-order valence-corrected chi connectivity index (χ1v) is 6.82. The normalized spacial score (nSPS) is 10.1. The molecule has 0 radical (unpaired) electrons. The maximum absolute atomic E-state index is 11.7. The van der Waals surface area contributed by atoms with E-state index in [2.05, 4.69) is 5.32 Å². The zero-order valence-electron chi connectivity index (χ0n) is 12.0. The Kier molecular flexibility index (Phi) is 7.35. The third-order valence-corrected chi connectivity index (χ3v) is 2.55. The molecule has 0 atom stereocenters. The quantitative estimate of drug-likeness (QED) is 0.587. The van der Waals surface area contributed by atoms with Gasteiger partial charge in [-0.3, -0.25) is 4.79 Å². The molecule has 5 heteroatoms. The topological polar surface area (TPSA) is 64.6 Å². The van der Waals surface area contributed by atoms with Crippen molar-refractivity contribution in [2.45, 2.75) is 26.7 Å². The number of anilines is 1. The number of nitrogens with one attached hydrogen (secondary N) is 1. The number of ether oxygens (including phenoxy) is 2. The number of carbonyl (C=O) groups excluding carboxylic acids is 2. The van der Waals surface area contributed by atoms with Crippen LogP contribution < -0.4 is 5.32 Å². The summed E-state index contributed by atoms with van der Waals surface area (Å²) in [6.45, 7) is 5.06. The Morgan fingerprint density at radius 1 is 1.10 bits per heavy atom. The lowest BCUT2D eigenvalue weighted by Gasteiger charge is -2.07. The molecule has 0 aromatic heterocycles. The second kappa shape index (κ2) is 9.09. The second-order valence-corrected chi connectivity index (χ2v) is 4.21. The van der Waals surface area contributed by atoms with Crippen LogP contribution in [0.15, 0.2) is 24.3 Å². The third kappa shape index (κ3) is 5.84. The molecule has 0 heterocycles. The van der Waals surface area contributed by atoms with Crippen LogP contribution in [0.3, 0.4) is 0 Å². The van der Waals surface area contributed by atoms with E-state index in [1.54, 1.807) is 24.3 Å². The number of benzene rings is 1. The Morgan fingerprint density at radius 2 is 1.80 bits per heavy atom. The standard InChI is InChI=1S/C15H21NO4/c1-3-5-14(17)16-13-8-6-12(7-9-13)15(18)20-11-10-19-4-2/h6-9H,3-5,10-11H2,1-2H3,(H,16,17). The van der Waals surface area contributed by atoms with Gasteiger partial charge in [0.15, 0.2) is 0 Å². The fourth-order valence-corrected chi connectivity index (χ4v) is 1.56. The molecular weight excluding hydrogens is 258 g/mol. The van der Waals surface area contributed by atoms with Gasteiger partial charge in [-0.15, -0.1) is 0 Å². The van der Waals surface area contributed by atoms with E-state index in [-0.39, 0.29) is 12.5 Å². The maximum Gasteiger partial charge on any atom is 0.338 e. The molecular formula is C15H21NO4. The van der Waals surface area contributed by atoms with Gasteiger partial charge in [0, 0.05) is 18.7 Å². The van der Waals surface area contributed by atoms with Crippen molar-refractivity contribution in [3.8, 4) is 0 Å². The summed E-state index contributed by atoms with van der Waals surface area (Å²) in [7, 11) is 0. The Labute approximate surface area is 119 Å². The van der Waals surface area contributed by atoms with E-state index in [0.717, 1.165) is 6.42 Å². The largest absolute Gasteiger partial charge is 0.460 e. The zero-order chi connectivity index (χ0) is 14.8. The highest BCUT2D eigenvalue weighted by Gasteiger charge is 2.07. The Balaban J connectivity index is 2.45. The van der Waals surface area contributed by atoms with Crippen molar-refractivity contribution in [3.63, 3.8) is 0 Å². The molecule has 20 heavy (non-hydrogen) atoms. The molecule has 0 spiro atoms. The van der Waals surface area contributed by atoms with E-state index >= 15 is 0 Å². The van der Waals surface area contributed by atoms with Crippen molar-refractivity contribution >= 4 is 17.6 Å². The van der Waals surface area contributed by atoms with Crippen LogP contribution >= 0.6 is 0 Å². The van der Waals surface area contributed by atoms with Gasteiger partial charge in [-0.1, -0.05) is 6.92 Å². The fraction of sp³-hybridized carbons (Fsp3) is 0.467. The van der Waals surface area contributed by atoms with Gasteiger partial charge in [-0.05, 0) is 37.6 Å². The number of amides is 1. The summed E-state index contributed by atoms with van der Waals surface area (Å²) in [6, 6.07) is 6.63. The number of hydrogen-bond donors (Lipinski definition) is 1. The van der Waals surface area contributed by atoms with Gasteiger partial charge in [0.1, 0.15) is 6.61 Å². The van der Waals surface area contributed by atoms with Crippen molar-refractivity contribution in [1.29, 1.82) is 0 Å². The van der Waals surface area contributed by atoms with E-state index in [9.17, 15) is 9.59 Å². The van der Waals surface area contributed by atoms with Gasteiger partial charge < -0.3 is 14.8 Å². The number of carbonyl (C=O) groups is 2.